The Morgan fingerprint density at radius 1 is 1.42 bits per heavy atom. The molecule has 5 N–H and O–H groups in total. The van der Waals surface area contributed by atoms with Crippen molar-refractivity contribution in [2.24, 2.45) is 11.5 Å². The van der Waals surface area contributed by atoms with Crippen molar-refractivity contribution in [3.05, 3.63) is 53.3 Å². The Kier molecular flexibility index (Phi) is 4.00. The predicted octanol–water partition coefficient (Wildman–Crippen LogP) is -0.651. The van der Waals surface area contributed by atoms with Gasteiger partial charge in [-0.15, -0.1) is 11.3 Å². The molecule has 1 saturated carbocycles. The first-order valence-corrected chi connectivity index (χ1v) is 9.20. The zero-order chi connectivity index (χ0) is 18.6. The molecule has 0 radical (unpaired) electrons. The van der Waals surface area contributed by atoms with Gasteiger partial charge in [0.1, 0.15) is 5.76 Å². The third kappa shape index (κ3) is 2.42. The highest BCUT2D eigenvalue weighted by molar-refractivity contribution is 7.10. The molecule has 2 aliphatic carbocycles. The van der Waals surface area contributed by atoms with Crippen molar-refractivity contribution in [1.82, 2.24) is 9.55 Å². The van der Waals surface area contributed by atoms with Gasteiger partial charge in [-0.1, -0.05) is 0 Å². The number of halogens is 1. The standard InChI is InChI=1S/C17H19FN4O3S/c1-25-15-10(7-4-9(5-19)26-6-7)12(18)13(20)11-14(15)22(8-2-3-8)17(24)21-16(11)23/h4,6,8,10,12H,2-3,5,19-20H2,1H3,(H,21,23,24). The second kappa shape index (κ2) is 6.10. The average Bonchev–Trinajstić information content (AvgIpc) is 3.33. The van der Waals surface area contributed by atoms with E-state index in [1.165, 1.54) is 23.0 Å². The summed E-state index contributed by atoms with van der Waals surface area (Å²) < 4.78 is 22.3. The lowest BCUT2D eigenvalue weighted by molar-refractivity contribution is 0.285. The SMILES string of the molecule is COC1=c2c(c(=O)[nH]c(=O)n2C2CC2)=C(N)C(F)C1c1csc(CN)c1. The van der Waals surface area contributed by atoms with Crippen LogP contribution in [0.1, 0.15) is 35.2 Å². The van der Waals surface area contributed by atoms with Gasteiger partial charge in [-0.2, -0.15) is 0 Å². The minimum atomic E-state index is -1.64. The number of aromatic amines is 1. The van der Waals surface area contributed by atoms with Crippen molar-refractivity contribution in [3.8, 4) is 0 Å². The second-order valence-corrected chi connectivity index (χ2v) is 7.53. The molecule has 0 aromatic carbocycles. The molecular weight excluding hydrogens is 359 g/mol. The molecule has 2 heterocycles. The molecule has 0 saturated heterocycles. The van der Waals surface area contributed by atoms with Gasteiger partial charge < -0.3 is 16.2 Å². The highest BCUT2D eigenvalue weighted by Gasteiger charge is 2.38. The summed E-state index contributed by atoms with van der Waals surface area (Å²) in [6.07, 6.45) is -0.00671. The number of nitrogens with one attached hydrogen (secondary N) is 1. The molecule has 0 spiro atoms. The molecule has 2 unspecified atom stereocenters. The maximum Gasteiger partial charge on any atom is 0.329 e. The number of nitrogens with zero attached hydrogens (tertiary/aromatic N) is 1. The van der Waals surface area contributed by atoms with Crippen LogP contribution in [-0.4, -0.2) is 22.8 Å². The fourth-order valence-electron chi connectivity index (χ4n) is 3.55. The Labute approximate surface area is 151 Å². The van der Waals surface area contributed by atoms with Crippen LogP contribution >= 0.6 is 11.3 Å². The molecule has 2 aromatic heterocycles. The fourth-order valence-corrected chi connectivity index (χ4v) is 4.35. The van der Waals surface area contributed by atoms with E-state index in [1.54, 1.807) is 0 Å². The van der Waals surface area contributed by atoms with E-state index in [2.05, 4.69) is 4.98 Å². The normalized spacial score (nSPS) is 22.4. The summed E-state index contributed by atoms with van der Waals surface area (Å²) in [6.45, 7) is 0.346. The van der Waals surface area contributed by atoms with Crippen LogP contribution in [0.2, 0.25) is 0 Å². The van der Waals surface area contributed by atoms with Crippen LogP contribution in [0, 0.1) is 0 Å². The van der Waals surface area contributed by atoms with Gasteiger partial charge in [0.05, 0.1) is 29.3 Å². The molecule has 2 aliphatic rings. The van der Waals surface area contributed by atoms with Gasteiger partial charge in [0.15, 0.2) is 6.17 Å². The molecule has 0 amide bonds. The number of thiophene rings is 1. The van der Waals surface area contributed by atoms with Crippen LogP contribution in [0.3, 0.4) is 0 Å². The summed E-state index contributed by atoms with van der Waals surface area (Å²) in [5.74, 6) is -0.576. The third-order valence-electron chi connectivity index (χ3n) is 4.90. The lowest BCUT2D eigenvalue weighted by Crippen LogP contribution is -2.60. The van der Waals surface area contributed by atoms with E-state index in [0.29, 0.717) is 17.5 Å². The predicted molar refractivity (Wildman–Crippen MR) is 96.7 cm³/mol. The summed E-state index contributed by atoms with van der Waals surface area (Å²) in [7, 11) is 1.42. The van der Waals surface area contributed by atoms with E-state index < -0.39 is 23.3 Å². The first kappa shape index (κ1) is 17.0. The van der Waals surface area contributed by atoms with Crippen LogP contribution in [-0.2, 0) is 11.3 Å². The summed E-state index contributed by atoms with van der Waals surface area (Å²) in [5.41, 5.74) is 11.0. The summed E-state index contributed by atoms with van der Waals surface area (Å²) >= 11 is 1.42. The molecule has 2 aromatic rings. The van der Waals surface area contributed by atoms with Crippen LogP contribution in [0.15, 0.2) is 21.0 Å². The van der Waals surface area contributed by atoms with Crippen molar-refractivity contribution < 1.29 is 9.13 Å². The van der Waals surface area contributed by atoms with Gasteiger partial charge >= 0.3 is 5.69 Å². The van der Waals surface area contributed by atoms with Crippen molar-refractivity contribution >= 4 is 22.8 Å². The molecule has 2 atom stereocenters. The first-order chi connectivity index (χ1) is 12.5. The summed E-state index contributed by atoms with van der Waals surface area (Å²) in [5, 5.41) is 2.09. The molecule has 1 fully saturated rings. The lowest BCUT2D eigenvalue weighted by Gasteiger charge is -2.27. The van der Waals surface area contributed by atoms with Gasteiger partial charge in [0.2, 0.25) is 0 Å². The number of ether oxygens (including phenoxy) is 1. The Hall–Kier alpha value is -2.39. The highest BCUT2D eigenvalue weighted by atomic mass is 32.1. The highest BCUT2D eigenvalue weighted by Crippen LogP contribution is 2.37. The number of H-pyrrole nitrogens is 1. The maximum atomic E-state index is 15.3. The largest absolute Gasteiger partial charge is 0.498 e. The van der Waals surface area contributed by atoms with E-state index in [9.17, 15) is 9.59 Å². The molecule has 9 heteroatoms. The van der Waals surface area contributed by atoms with Crippen LogP contribution in [0.25, 0.3) is 11.5 Å². The Morgan fingerprint density at radius 2 is 2.15 bits per heavy atom. The topological polar surface area (TPSA) is 116 Å². The number of nitrogens with two attached hydrogens (primary N) is 2. The molecule has 0 aliphatic heterocycles. The third-order valence-corrected chi connectivity index (χ3v) is 5.88. The van der Waals surface area contributed by atoms with E-state index in [-0.39, 0.29) is 22.7 Å². The molecule has 4 rings (SSSR count). The number of alkyl halides is 1. The van der Waals surface area contributed by atoms with Gasteiger partial charge in [0, 0.05) is 17.5 Å². The zero-order valence-corrected chi connectivity index (χ0v) is 14.9. The van der Waals surface area contributed by atoms with Crippen LogP contribution < -0.4 is 33.3 Å². The maximum absolute atomic E-state index is 15.3. The molecule has 0 bridgehead atoms. The van der Waals surface area contributed by atoms with Crippen LogP contribution in [0.5, 0.6) is 0 Å². The van der Waals surface area contributed by atoms with Gasteiger partial charge in [-0.05, 0) is 29.9 Å². The van der Waals surface area contributed by atoms with Crippen molar-refractivity contribution in [1.29, 1.82) is 0 Å². The van der Waals surface area contributed by atoms with Crippen LogP contribution in [0.4, 0.5) is 4.39 Å². The summed E-state index contributed by atoms with van der Waals surface area (Å²) in [4.78, 5) is 27.9. The van der Waals surface area contributed by atoms with Gasteiger partial charge in [-0.25, -0.2) is 9.18 Å². The number of rotatable bonds is 4. The molecule has 26 heavy (non-hydrogen) atoms. The minimum Gasteiger partial charge on any atom is -0.498 e. The van der Waals surface area contributed by atoms with E-state index >= 15 is 4.39 Å². The number of fused-ring (bicyclic) bond motifs is 1. The Morgan fingerprint density at radius 3 is 2.73 bits per heavy atom. The number of aromatic nitrogens is 2. The quantitative estimate of drug-likeness (QED) is 0.654. The Balaban J connectivity index is 2.12. The average molecular weight is 378 g/mol. The fraction of sp³-hybridized carbons (Fsp3) is 0.412. The van der Waals surface area contributed by atoms with Crippen molar-refractivity contribution in [2.75, 3.05) is 7.11 Å². The van der Waals surface area contributed by atoms with E-state index in [1.807, 2.05) is 11.4 Å². The summed E-state index contributed by atoms with van der Waals surface area (Å²) in [6, 6.07) is 1.77. The van der Waals surface area contributed by atoms with E-state index in [4.69, 9.17) is 16.2 Å². The zero-order valence-electron chi connectivity index (χ0n) is 14.1. The van der Waals surface area contributed by atoms with Crippen molar-refractivity contribution in [3.63, 3.8) is 0 Å². The smallest absolute Gasteiger partial charge is 0.329 e. The monoisotopic (exact) mass is 378 g/mol. The minimum absolute atomic E-state index is 0.00798. The van der Waals surface area contributed by atoms with Gasteiger partial charge in [0.25, 0.3) is 5.56 Å². The second-order valence-electron chi connectivity index (χ2n) is 6.54. The lowest BCUT2D eigenvalue weighted by atomic mass is 9.88. The first-order valence-electron chi connectivity index (χ1n) is 8.32. The molecule has 7 nitrogen and oxygen atoms in total. The Bertz CT molecular complexity index is 1110. The number of hydrogen-bond acceptors (Lipinski definition) is 6. The van der Waals surface area contributed by atoms with Crippen molar-refractivity contribution in [2.45, 2.75) is 37.5 Å². The van der Waals surface area contributed by atoms with Gasteiger partial charge in [-0.3, -0.25) is 14.3 Å². The number of methoxy groups -OCH3 is 1. The van der Waals surface area contributed by atoms with E-state index in [0.717, 1.165) is 17.7 Å². The number of hydrogen-bond donors (Lipinski definition) is 3. The molecular formula is C17H19FN4O3S. The molecule has 138 valence electrons.